The Morgan fingerprint density at radius 2 is 1.86 bits per heavy atom. The van der Waals surface area contributed by atoms with Crippen LogP contribution in [-0.4, -0.2) is 20.5 Å². The molecule has 0 aliphatic rings. The van der Waals surface area contributed by atoms with Crippen molar-refractivity contribution >= 4 is 21.4 Å². The van der Waals surface area contributed by atoms with E-state index in [1.807, 2.05) is 0 Å². The number of non-ortho nitro benzene ring substituents is 1. The summed E-state index contributed by atoms with van der Waals surface area (Å²) in [5.74, 6) is 0.266. The van der Waals surface area contributed by atoms with Gasteiger partial charge < -0.3 is 4.74 Å². The van der Waals surface area contributed by atoms with Gasteiger partial charge in [0.05, 0.1) is 17.8 Å². The molecule has 1 N–H and O–H groups in total. The van der Waals surface area contributed by atoms with Crippen LogP contribution in [0.2, 0.25) is 0 Å². The number of nitro groups is 1. The zero-order valence-corrected chi connectivity index (χ0v) is 12.5. The Balaban J connectivity index is 2.13. The van der Waals surface area contributed by atoms with Gasteiger partial charge in [0.1, 0.15) is 5.75 Å². The van der Waals surface area contributed by atoms with E-state index in [1.165, 1.54) is 31.4 Å². The summed E-state index contributed by atoms with van der Waals surface area (Å²) in [7, 11) is -2.15. The highest BCUT2D eigenvalue weighted by atomic mass is 32.2. The fraction of sp³-hybridized carbons (Fsp3) is 0.143. The molecule has 2 aromatic rings. The average molecular weight is 322 g/mol. The first-order valence-corrected chi connectivity index (χ1v) is 7.93. The summed E-state index contributed by atoms with van der Waals surface area (Å²) >= 11 is 0. The number of anilines is 1. The molecule has 0 amide bonds. The van der Waals surface area contributed by atoms with E-state index in [2.05, 4.69) is 4.72 Å². The lowest BCUT2D eigenvalue weighted by atomic mass is 10.2. The lowest BCUT2D eigenvalue weighted by molar-refractivity contribution is -0.384. The van der Waals surface area contributed by atoms with Crippen LogP contribution in [0.5, 0.6) is 5.75 Å². The first-order valence-electron chi connectivity index (χ1n) is 6.27. The largest absolute Gasteiger partial charge is 0.497 e. The Morgan fingerprint density at radius 3 is 2.45 bits per heavy atom. The molecule has 2 aromatic carbocycles. The van der Waals surface area contributed by atoms with E-state index in [0.717, 1.165) is 0 Å². The smallest absolute Gasteiger partial charge is 0.269 e. The molecule has 0 fully saturated rings. The minimum Gasteiger partial charge on any atom is -0.497 e. The van der Waals surface area contributed by atoms with Gasteiger partial charge in [-0.3, -0.25) is 14.8 Å². The maximum Gasteiger partial charge on any atom is 0.269 e. The number of nitrogens with one attached hydrogen (secondary N) is 1. The van der Waals surface area contributed by atoms with Crippen molar-refractivity contribution in [1.82, 2.24) is 0 Å². The number of benzene rings is 2. The minimum absolute atomic E-state index is 0.142. The number of nitrogens with zero attached hydrogens (tertiary/aromatic N) is 1. The highest BCUT2D eigenvalue weighted by Crippen LogP contribution is 2.19. The number of nitro benzene ring substituents is 1. The summed E-state index contributed by atoms with van der Waals surface area (Å²) in [6.45, 7) is 0. The first-order chi connectivity index (χ1) is 10.4. The molecule has 8 heteroatoms. The monoisotopic (exact) mass is 322 g/mol. The zero-order chi connectivity index (χ0) is 16.2. The molecule has 0 saturated carbocycles. The molecule has 0 heterocycles. The van der Waals surface area contributed by atoms with Crippen molar-refractivity contribution in [1.29, 1.82) is 0 Å². The van der Waals surface area contributed by atoms with Crippen molar-refractivity contribution in [2.24, 2.45) is 0 Å². The van der Waals surface area contributed by atoms with Crippen LogP contribution in [-0.2, 0) is 15.8 Å². The van der Waals surface area contributed by atoms with Crippen LogP contribution in [0, 0.1) is 10.1 Å². The summed E-state index contributed by atoms with van der Waals surface area (Å²) in [6.07, 6.45) is 0. The summed E-state index contributed by atoms with van der Waals surface area (Å²) in [5.41, 5.74) is 0.596. The molecular weight excluding hydrogens is 308 g/mol. The molecule has 0 spiro atoms. The second-order valence-electron chi connectivity index (χ2n) is 4.52. The van der Waals surface area contributed by atoms with Crippen molar-refractivity contribution in [2.45, 2.75) is 5.75 Å². The molecule has 0 saturated heterocycles. The molecule has 116 valence electrons. The van der Waals surface area contributed by atoms with Crippen molar-refractivity contribution < 1.29 is 18.1 Å². The number of rotatable bonds is 6. The van der Waals surface area contributed by atoms with Gasteiger partial charge in [-0.05, 0) is 29.8 Å². The first kappa shape index (κ1) is 15.8. The standard InChI is InChI=1S/C14H14N2O5S/c1-21-14-7-5-12(6-8-14)15-22(19,20)10-11-3-2-4-13(9-11)16(17)18/h2-9,15H,10H2,1H3. The van der Waals surface area contributed by atoms with Crippen LogP contribution in [0.4, 0.5) is 11.4 Å². The molecule has 7 nitrogen and oxygen atoms in total. The van der Waals surface area contributed by atoms with Crippen LogP contribution in [0.3, 0.4) is 0 Å². The predicted molar refractivity (Wildman–Crippen MR) is 82.3 cm³/mol. The van der Waals surface area contributed by atoms with Crippen LogP contribution >= 0.6 is 0 Å². The molecule has 22 heavy (non-hydrogen) atoms. The number of methoxy groups -OCH3 is 1. The number of hydrogen-bond acceptors (Lipinski definition) is 5. The van der Waals surface area contributed by atoms with E-state index in [-0.39, 0.29) is 11.4 Å². The summed E-state index contributed by atoms with van der Waals surface area (Å²) in [6, 6.07) is 11.9. The molecule has 0 atom stereocenters. The van der Waals surface area contributed by atoms with Gasteiger partial charge in [0.25, 0.3) is 5.69 Å². The second kappa shape index (κ2) is 6.44. The molecule has 0 aliphatic carbocycles. The molecule has 0 radical (unpaired) electrons. The van der Waals surface area contributed by atoms with Crippen LogP contribution in [0.1, 0.15) is 5.56 Å². The minimum atomic E-state index is -3.66. The SMILES string of the molecule is COc1ccc(NS(=O)(=O)Cc2cccc([N+](=O)[O-])c2)cc1. The van der Waals surface area contributed by atoms with Crippen molar-refractivity contribution in [3.63, 3.8) is 0 Å². The van der Waals surface area contributed by atoms with Gasteiger partial charge >= 0.3 is 0 Å². The molecule has 0 unspecified atom stereocenters. The third-order valence-electron chi connectivity index (χ3n) is 2.84. The molecule has 0 bridgehead atoms. The van der Waals surface area contributed by atoms with E-state index in [1.54, 1.807) is 24.3 Å². The Labute approximate surface area is 127 Å². The van der Waals surface area contributed by atoms with Gasteiger partial charge in [-0.25, -0.2) is 8.42 Å². The van der Waals surface area contributed by atoms with Gasteiger partial charge in [0.2, 0.25) is 10.0 Å². The highest BCUT2D eigenvalue weighted by Gasteiger charge is 2.14. The highest BCUT2D eigenvalue weighted by molar-refractivity contribution is 7.91. The molecule has 0 aromatic heterocycles. The van der Waals surface area contributed by atoms with Crippen molar-refractivity contribution in [3.05, 3.63) is 64.2 Å². The summed E-state index contributed by atoms with van der Waals surface area (Å²) < 4.78 is 31.6. The third kappa shape index (κ3) is 4.19. The Bertz CT molecular complexity index is 772. The van der Waals surface area contributed by atoms with E-state index < -0.39 is 14.9 Å². The lowest BCUT2D eigenvalue weighted by Gasteiger charge is -2.08. The number of ether oxygens (including phenoxy) is 1. The number of hydrogen-bond donors (Lipinski definition) is 1. The molecular formula is C14H14N2O5S. The zero-order valence-electron chi connectivity index (χ0n) is 11.7. The van der Waals surface area contributed by atoms with Crippen molar-refractivity contribution in [3.8, 4) is 5.75 Å². The quantitative estimate of drug-likeness (QED) is 0.651. The van der Waals surface area contributed by atoms with Gasteiger partial charge in [0.15, 0.2) is 0 Å². The fourth-order valence-electron chi connectivity index (χ4n) is 1.85. The predicted octanol–water partition coefficient (Wildman–Crippen LogP) is 2.55. The Kier molecular flexibility index (Phi) is 4.62. The molecule has 0 aliphatic heterocycles. The van der Waals surface area contributed by atoms with E-state index >= 15 is 0 Å². The van der Waals surface area contributed by atoms with Crippen molar-refractivity contribution in [2.75, 3.05) is 11.8 Å². The maximum atomic E-state index is 12.1. The van der Waals surface area contributed by atoms with E-state index in [0.29, 0.717) is 17.0 Å². The van der Waals surface area contributed by atoms with E-state index in [4.69, 9.17) is 4.74 Å². The van der Waals surface area contributed by atoms with Gasteiger partial charge in [-0.1, -0.05) is 12.1 Å². The van der Waals surface area contributed by atoms with Crippen LogP contribution in [0.15, 0.2) is 48.5 Å². The Hall–Kier alpha value is -2.61. The van der Waals surface area contributed by atoms with E-state index in [9.17, 15) is 18.5 Å². The van der Waals surface area contributed by atoms with Crippen LogP contribution in [0.25, 0.3) is 0 Å². The summed E-state index contributed by atoms with van der Waals surface area (Å²) in [5, 5.41) is 10.7. The fourth-order valence-corrected chi connectivity index (χ4v) is 3.04. The second-order valence-corrected chi connectivity index (χ2v) is 6.24. The molecule has 2 rings (SSSR count). The third-order valence-corrected chi connectivity index (χ3v) is 4.10. The average Bonchev–Trinajstić information content (AvgIpc) is 2.47. The topological polar surface area (TPSA) is 98.5 Å². The van der Waals surface area contributed by atoms with Gasteiger partial charge in [-0.2, -0.15) is 0 Å². The van der Waals surface area contributed by atoms with Gasteiger partial charge in [0, 0.05) is 17.8 Å². The number of sulfonamides is 1. The van der Waals surface area contributed by atoms with Gasteiger partial charge in [-0.15, -0.1) is 0 Å². The maximum absolute atomic E-state index is 12.1. The normalized spacial score (nSPS) is 11.0. The lowest BCUT2D eigenvalue weighted by Crippen LogP contribution is -2.15. The summed E-state index contributed by atoms with van der Waals surface area (Å²) in [4.78, 5) is 10.1. The Morgan fingerprint density at radius 1 is 1.18 bits per heavy atom. The van der Waals surface area contributed by atoms with Crippen LogP contribution < -0.4 is 9.46 Å².